The third kappa shape index (κ3) is 5.11. The summed E-state index contributed by atoms with van der Waals surface area (Å²) in [6.07, 6.45) is 2.21. The van der Waals surface area contributed by atoms with Gasteiger partial charge < -0.3 is 10.6 Å². The molecule has 3 aliphatic rings. The van der Waals surface area contributed by atoms with Crippen LogP contribution in [-0.4, -0.2) is 46.6 Å². The van der Waals surface area contributed by atoms with Crippen LogP contribution in [-0.2, 0) is 0 Å². The Balaban J connectivity index is 1.24. The molecule has 6 nitrogen and oxygen atoms in total. The minimum atomic E-state index is -0.189. The third-order valence-corrected chi connectivity index (χ3v) is 7.81. The Morgan fingerprint density at radius 2 is 1.97 bits per heavy atom. The molecule has 4 atom stereocenters. The summed E-state index contributed by atoms with van der Waals surface area (Å²) in [5.74, 6) is 1.74. The number of rotatable bonds is 5. The average Bonchev–Trinajstić information content (AvgIpc) is 2.84. The highest BCUT2D eigenvalue weighted by atomic mass is 79.9. The number of hydrogen-bond donors (Lipinski definition) is 2. The Kier molecular flexibility index (Phi) is 6.86. The number of anilines is 1. The van der Waals surface area contributed by atoms with Crippen molar-refractivity contribution in [3.63, 3.8) is 0 Å². The van der Waals surface area contributed by atoms with E-state index in [9.17, 15) is 4.79 Å². The number of nitrogens with zero attached hydrogens (tertiary/aromatic N) is 3. The van der Waals surface area contributed by atoms with E-state index in [1.54, 1.807) is 24.3 Å². The van der Waals surface area contributed by atoms with E-state index >= 15 is 0 Å². The number of amides is 2. The van der Waals surface area contributed by atoms with E-state index < -0.39 is 0 Å². The molecule has 2 amide bonds. The minimum absolute atomic E-state index is 0.189. The zero-order chi connectivity index (χ0) is 23.7. The number of carbonyl (C=O) groups excluding carboxylic acids is 1. The van der Waals surface area contributed by atoms with Crippen LogP contribution in [0.15, 0.2) is 59.1 Å². The lowest BCUT2D eigenvalue weighted by Gasteiger charge is -2.49. The average molecular weight is 541 g/mol. The second-order valence-corrected chi connectivity index (χ2v) is 10.4. The number of urea groups is 1. The van der Waals surface area contributed by atoms with Crippen LogP contribution in [0.2, 0.25) is 5.02 Å². The topological polar surface area (TPSA) is 70.2 Å². The first-order chi connectivity index (χ1) is 16.5. The van der Waals surface area contributed by atoms with Gasteiger partial charge in [-0.1, -0.05) is 45.7 Å². The van der Waals surface area contributed by atoms with Gasteiger partial charge in [-0.25, -0.2) is 14.8 Å². The Labute approximate surface area is 213 Å². The molecule has 1 aromatic heterocycles. The maximum atomic E-state index is 12.4. The normalized spacial score (nSPS) is 23.5. The summed E-state index contributed by atoms with van der Waals surface area (Å²) < 4.78 is 1.04. The first-order valence-corrected chi connectivity index (χ1v) is 12.8. The zero-order valence-corrected chi connectivity index (χ0v) is 21.3. The fourth-order valence-corrected chi connectivity index (χ4v) is 5.81. The molecule has 2 aromatic carbocycles. The molecule has 3 aliphatic heterocycles. The molecule has 3 aromatic rings. The molecule has 6 rings (SSSR count). The standard InChI is InChI=1S/C26H27BrClN5O/c1-16-30-24(21-4-2-3-5-23(21)27)13-25(31-16)22-15-33-11-10-17(22)12-20(33)14-29-26(34)32-19-8-6-18(28)7-9-19/h2-9,13,17,20,22H,10-12,14-15H2,1H3,(H2,29,32,34). The fourth-order valence-electron chi connectivity index (χ4n) is 5.19. The van der Waals surface area contributed by atoms with Gasteiger partial charge >= 0.3 is 6.03 Å². The number of carbonyl (C=O) groups is 1. The highest BCUT2D eigenvalue weighted by molar-refractivity contribution is 9.10. The summed E-state index contributed by atoms with van der Waals surface area (Å²) in [6.45, 7) is 4.63. The van der Waals surface area contributed by atoms with Crippen LogP contribution in [0.25, 0.3) is 11.3 Å². The van der Waals surface area contributed by atoms with Crippen molar-refractivity contribution in [2.45, 2.75) is 31.7 Å². The monoisotopic (exact) mass is 539 g/mol. The second kappa shape index (κ2) is 10.0. The Hall–Kier alpha value is -2.48. The number of halogens is 2. The highest BCUT2D eigenvalue weighted by Crippen LogP contribution is 2.42. The van der Waals surface area contributed by atoms with Crippen molar-refractivity contribution in [3.05, 3.63) is 75.6 Å². The van der Waals surface area contributed by atoms with Gasteiger partial charge in [0.15, 0.2) is 0 Å². The van der Waals surface area contributed by atoms with Gasteiger partial charge in [-0.05, 0) is 68.6 Å². The minimum Gasteiger partial charge on any atom is -0.336 e. The third-order valence-electron chi connectivity index (χ3n) is 6.87. The Morgan fingerprint density at radius 3 is 2.71 bits per heavy atom. The highest BCUT2D eigenvalue weighted by Gasteiger charge is 2.41. The van der Waals surface area contributed by atoms with Gasteiger partial charge in [-0.15, -0.1) is 0 Å². The molecule has 3 fully saturated rings. The molecule has 0 saturated carbocycles. The quantitative estimate of drug-likeness (QED) is 0.425. The van der Waals surface area contributed by atoms with E-state index in [-0.39, 0.29) is 6.03 Å². The number of fused-ring (bicyclic) bond motifs is 3. The molecule has 0 spiro atoms. The van der Waals surface area contributed by atoms with E-state index in [0.717, 1.165) is 58.9 Å². The van der Waals surface area contributed by atoms with Crippen molar-refractivity contribution in [2.75, 3.05) is 25.0 Å². The number of aromatic nitrogens is 2. The first kappa shape index (κ1) is 23.3. The molecule has 8 heteroatoms. The van der Waals surface area contributed by atoms with Gasteiger partial charge in [-0.3, -0.25) is 4.90 Å². The van der Waals surface area contributed by atoms with E-state index in [0.29, 0.717) is 29.4 Å². The predicted octanol–water partition coefficient (Wildman–Crippen LogP) is 5.87. The summed E-state index contributed by atoms with van der Waals surface area (Å²) in [7, 11) is 0. The molecule has 4 unspecified atom stereocenters. The van der Waals surface area contributed by atoms with Gasteiger partial charge in [0, 0.05) is 51.5 Å². The molecule has 4 heterocycles. The largest absolute Gasteiger partial charge is 0.336 e. The van der Waals surface area contributed by atoms with Gasteiger partial charge in [0.1, 0.15) is 5.82 Å². The molecule has 0 radical (unpaired) electrons. The van der Waals surface area contributed by atoms with Crippen molar-refractivity contribution in [2.24, 2.45) is 5.92 Å². The second-order valence-electron chi connectivity index (χ2n) is 9.09. The van der Waals surface area contributed by atoms with E-state index in [1.807, 2.05) is 25.1 Å². The van der Waals surface area contributed by atoms with Crippen molar-refractivity contribution in [1.82, 2.24) is 20.2 Å². The number of benzene rings is 2. The summed E-state index contributed by atoms with van der Waals surface area (Å²) >= 11 is 9.57. The first-order valence-electron chi connectivity index (χ1n) is 11.6. The van der Waals surface area contributed by atoms with E-state index in [4.69, 9.17) is 21.6 Å². The SMILES string of the molecule is Cc1nc(-c2ccccc2Br)cc(C2CN3CCC2CC3CNC(=O)Nc2ccc(Cl)cc2)n1. The van der Waals surface area contributed by atoms with E-state index in [1.165, 1.54) is 0 Å². The Morgan fingerprint density at radius 1 is 1.18 bits per heavy atom. The molecule has 176 valence electrons. The molecule has 0 aliphatic carbocycles. The molecular weight excluding hydrogens is 514 g/mol. The summed E-state index contributed by atoms with van der Waals surface area (Å²) in [5, 5.41) is 6.56. The smallest absolute Gasteiger partial charge is 0.319 e. The number of piperidine rings is 3. The molecule has 34 heavy (non-hydrogen) atoms. The lowest BCUT2D eigenvalue weighted by molar-refractivity contribution is 0.0307. The number of nitrogens with one attached hydrogen (secondary N) is 2. The molecule has 3 saturated heterocycles. The van der Waals surface area contributed by atoms with Crippen LogP contribution in [0.4, 0.5) is 10.5 Å². The summed E-state index contributed by atoms with van der Waals surface area (Å²) in [5.41, 5.74) is 3.90. The van der Waals surface area contributed by atoms with Crippen LogP contribution in [0.5, 0.6) is 0 Å². The van der Waals surface area contributed by atoms with E-state index in [2.05, 4.69) is 43.6 Å². The fraction of sp³-hybridized carbons (Fsp3) is 0.346. The molecular formula is C26H27BrClN5O. The van der Waals surface area contributed by atoms with Crippen LogP contribution in [0.1, 0.15) is 30.3 Å². The van der Waals surface area contributed by atoms with Gasteiger partial charge in [0.25, 0.3) is 0 Å². The van der Waals surface area contributed by atoms with Crippen molar-refractivity contribution < 1.29 is 4.79 Å². The molecule has 2 N–H and O–H groups in total. The predicted molar refractivity (Wildman–Crippen MR) is 139 cm³/mol. The van der Waals surface area contributed by atoms with Crippen molar-refractivity contribution in [1.29, 1.82) is 0 Å². The summed E-state index contributed by atoms with van der Waals surface area (Å²) in [4.78, 5) is 24.4. The lowest BCUT2D eigenvalue weighted by atomic mass is 9.74. The Bertz CT molecular complexity index is 1190. The van der Waals surface area contributed by atoms with Crippen molar-refractivity contribution >= 4 is 39.2 Å². The van der Waals surface area contributed by atoms with Gasteiger partial charge in [0.05, 0.1) is 5.69 Å². The summed E-state index contributed by atoms with van der Waals surface area (Å²) in [6, 6.07) is 17.6. The molecule has 2 bridgehead atoms. The van der Waals surface area contributed by atoms with Crippen LogP contribution in [0.3, 0.4) is 0 Å². The van der Waals surface area contributed by atoms with Crippen LogP contribution in [0, 0.1) is 12.8 Å². The zero-order valence-electron chi connectivity index (χ0n) is 19.0. The van der Waals surface area contributed by atoms with Gasteiger partial charge in [-0.2, -0.15) is 0 Å². The number of hydrogen-bond acceptors (Lipinski definition) is 4. The lowest BCUT2D eigenvalue weighted by Crippen LogP contribution is -2.56. The van der Waals surface area contributed by atoms with Crippen molar-refractivity contribution in [3.8, 4) is 11.3 Å². The maximum Gasteiger partial charge on any atom is 0.319 e. The van der Waals surface area contributed by atoms with Crippen LogP contribution >= 0.6 is 27.5 Å². The number of aryl methyl sites for hydroxylation is 1. The maximum absolute atomic E-state index is 12.4. The van der Waals surface area contributed by atoms with Crippen LogP contribution < -0.4 is 10.6 Å². The van der Waals surface area contributed by atoms with Gasteiger partial charge in [0.2, 0.25) is 0 Å².